The van der Waals surface area contributed by atoms with Gasteiger partial charge < -0.3 is 4.90 Å². The Kier molecular flexibility index (Phi) is 6.77. The Labute approximate surface area is 259 Å². The van der Waals surface area contributed by atoms with Crippen LogP contribution in [-0.4, -0.2) is 39.2 Å². The molecule has 226 valence electrons. The number of nitro benzene ring substituents is 1. The molecule has 7 rings (SSSR count). The Morgan fingerprint density at radius 3 is 2.33 bits per heavy atom. The lowest BCUT2D eigenvalue weighted by Crippen LogP contribution is -2.46. The van der Waals surface area contributed by atoms with E-state index in [-0.39, 0.29) is 29.6 Å². The van der Waals surface area contributed by atoms with Crippen LogP contribution in [0.15, 0.2) is 102 Å². The largest absolute Gasteiger partial charge is 0.333 e. The van der Waals surface area contributed by atoms with Crippen molar-refractivity contribution in [2.24, 2.45) is 0 Å². The van der Waals surface area contributed by atoms with E-state index < -0.39 is 14.9 Å². The number of para-hydroxylation sites is 1. The molecule has 0 unspecified atom stereocenters. The third-order valence-corrected chi connectivity index (χ3v) is 10.5. The number of carbonyl (C=O) groups is 1. The molecule has 4 aromatic carbocycles. The first-order chi connectivity index (χ1) is 21.6. The summed E-state index contributed by atoms with van der Waals surface area (Å²) >= 11 is 0. The van der Waals surface area contributed by atoms with E-state index in [0.717, 1.165) is 38.8 Å². The molecule has 11 heteroatoms. The van der Waals surface area contributed by atoms with Gasteiger partial charge in [-0.3, -0.25) is 14.9 Å². The highest BCUT2D eigenvalue weighted by Crippen LogP contribution is 2.34. The van der Waals surface area contributed by atoms with Gasteiger partial charge in [0.1, 0.15) is 5.69 Å². The van der Waals surface area contributed by atoms with Crippen LogP contribution in [0, 0.1) is 24.0 Å². The summed E-state index contributed by atoms with van der Waals surface area (Å²) in [6.45, 7) is 4.70. The average molecular weight is 621 g/mol. The van der Waals surface area contributed by atoms with Gasteiger partial charge >= 0.3 is 0 Å². The second-order valence-electron chi connectivity index (χ2n) is 11.4. The van der Waals surface area contributed by atoms with Crippen molar-refractivity contribution in [2.45, 2.75) is 38.3 Å². The van der Waals surface area contributed by atoms with Gasteiger partial charge in [-0.25, -0.2) is 17.0 Å². The van der Waals surface area contributed by atoms with Crippen LogP contribution in [0.5, 0.6) is 0 Å². The molecular weight excluding hydrogens is 590 g/mol. The SMILES string of the molecule is Cc1cc2c(cc1C)[n+](CC(=O)N1CCc3c(n(S(=O)(=O)c4ccccc4)c4ccccc34)C1)cn2-c1ccc([N+](=O)[O-])cc1. The van der Waals surface area contributed by atoms with Crippen LogP contribution in [0.2, 0.25) is 0 Å². The number of amides is 1. The molecule has 10 nitrogen and oxygen atoms in total. The lowest BCUT2D eigenvalue weighted by molar-refractivity contribution is -0.659. The number of benzene rings is 4. The first kappa shape index (κ1) is 28.5. The van der Waals surface area contributed by atoms with Gasteiger partial charge in [0, 0.05) is 24.1 Å². The van der Waals surface area contributed by atoms with Crippen molar-refractivity contribution in [3.05, 3.63) is 130 Å². The number of aryl methyl sites for hydroxylation is 2. The number of fused-ring (bicyclic) bond motifs is 4. The highest BCUT2D eigenvalue weighted by molar-refractivity contribution is 7.90. The highest BCUT2D eigenvalue weighted by atomic mass is 32.2. The number of nitrogens with zero attached hydrogens (tertiary/aromatic N) is 5. The van der Waals surface area contributed by atoms with Gasteiger partial charge in [-0.15, -0.1) is 0 Å². The first-order valence-corrected chi connectivity index (χ1v) is 16.0. The molecule has 1 aliphatic heterocycles. The molecule has 6 aromatic rings. The highest BCUT2D eigenvalue weighted by Gasteiger charge is 2.33. The first-order valence-electron chi connectivity index (χ1n) is 14.6. The molecule has 0 saturated carbocycles. The van der Waals surface area contributed by atoms with Crippen LogP contribution in [-0.2, 0) is 34.3 Å². The van der Waals surface area contributed by atoms with E-state index in [0.29, 0.717) is 24.2 Å². The fourth-order valence-electron chi connectivity index (χ4n) is 6.24. The summed E-state index contributed by atoms with van der Waals surface area (Å²) in [5, 5.41) is 12.1. The van der Waals surface area contributed by atoms with Gasteiger partial charge in [-0.2, -0.15) is 4.57 Å². The number of carbonyl (C=O) groups excluding carboxylic acids is 1. The smallest absolute Gasteiger partial charge is 0.269 e. The predicted octanol–water partition coefficient (Wildman–Crippen LogP) is 5.22. The van der Waals surface area contributed by atoms with E-state index in [9.17, 15) is 23.3 Å². The van der Waals surface area contributed by atoms with Crippen LogP contribution in [0.3, 0.4) is 0 Å². The molecule has 0 aliphatic carbocycles. The van der Waals surface area contributed by atoms with Crippen LogP contribution in [0.4, 0.5) is 5.69 Å². The number of non-ortho nitro benzene ring substituents is 1. The minimum atomic E-state index is -3.92. The van der Waals surface area contributed by atoms with E-state index in [2.05, 4.69) is 0 Å². The predicted molar refractivity (Wildman–Crippen MR) is 170 cm³/mol. The van der Waals surface area contributed by atoms with Crippen molar-refractivity contribution in [1.82, 2.24) is 13.4 Å². The van der Waals surface area contributed by atoms with Crippen molar-refractivity contribution < 1.29 is 22.7 Å². The number of nitro groups is 1. The maximum absolute atomic E-state index is 14.0. The summed E-state index contributed by atoms with van der Waals surface area (Å²) in [6, 6.07) is 26.2. The fourth-order valence-corrected chi connectivity index (χ4v) is 7.83. The number of rotatable bonds is 6. The normalized spacial score (nSPS) is 13.3. The van der Waals surface area contributed by atoms with Crippen molar-refractivity contribution in [3.63, 3.8) is 0 Å². The second kappa shape index (κ2) is 10.7. The molecular formula is C34H30N5O5S+. The minimum Gasteiger partial charge on any atom is -0.333 e. The fraction of sp³-hybridized carbons (Fsp3) is 0.176. The van der Waals surface area contributed by atoms with Crippen molar-refractivity contribution in [3.8, 4) is 5.69 Å². The molecule has 0 fully saturated rings. The van der Waals surface area contributed by atoms with Gasteiger partial charge in [0.25, 0.3) is 21.6 Å². The number of imidazole rings is 1. The van der Waals surface area contributed by atoms with Crippen molar-refractivity contribution in [1.29, 1.82) is 0 Å². The van der Waals surface area contributed by atoms with E-state index in [1.54, 1.807) is 47.4 Å². The van der Waals surface area contributed by atoms with Crippen LogP contribution in [0.25, 0.3) is 27.6 Å². The second-order valence-corrected chi connectivity index (χ2v) is 13.2. The zero-order chi connectivity index (χ0) is 31.5. The Balaban J connectivity index is 1.26. The maximum Gasteiger partial charge on any atom is 0.269 e. The summed E-state index contributed by atoms with van der Waals surface area (Å²) in [6.07, 6.45) is 2.38. The summed E-state index contributed by atoms with van der Waals surface area (Å²) in [4.78, 5) is 26.6. The number of hydrogen-bond acceptors (Lipinski definition) is 5. The van der Waals surface area contributed by atoms with Gasteiger partial charge in [0.2, 0.25) is 6.33 Å². The van der Waals surface area contributed by atoms with E-state index >= 15 is 0 Å². The van der Waals surface area contributed by atoms with Gasteiger partial charge in [-0.1, -0.05) is 36.4 Å². The number of hydrogen-bond donors (Lipinski definition) is 0. The Morgan fingerprint density at radius 2 is 1.60 bits per heavy atom. The molecule has 45 heavy (non-hydrogen) atoms. The summed E-state index contributed by atoms with van der Waals surface area (Å²) in [7, 11) is -3.92. The Bertz CT molecular complexity index is 2250. The number of aromatic nitrogens is 3. The van der Waals surface area contributed by atoms with E-state index in [4.69, 9.17) is 0 Å². The average Bonchev–Trinajstić information content (AvgIpc) is 3.56. The molecule has 0 spiro atoms. The molecule has 0 N–H and O–H groups in total. The molecule has 0 bridgehead atoms. The van der Waals surface area contributed by atoms with Gasteiger partial charge in [0.05, 0.1) is 27.6 Å². The molecule has 1 amide bonds. The third kappa shape index (κ3) is 4.76. The molecule has 2 aromatic heterocycles. The lowest BCUT2D eigenvalue weighted by Gasteiger charge is -2.28. The molecule has 1 aliphatic rings. The van der Waals surface area contributed by atoms with Crippen molar-refractivity contribution in [2.75, 3.05) is 6.54 Å². The molecule has 0 atom stereocenters. The minimum absolute atomic E-state index is 0.00134. The summed E-state index contributed by atoms with van der Waals surface area (Å²) in [5.74, 6) is -0.138. The monoisotopic (exact) mass is 620 g/mol. The van der Waals surface area contributed by atoms with Gasteiger partial charge in [0.15, 0.2) is 17.6 Å². The van der Waals surface area contributed by atoms with Crippen LogP contribution in [0.1, 0.15) is 22.4 Å². The Hall–Kier alpha value is -5.29. The van der Waals surface area contributed by atoms with Gasteiger partial charge in [-0.05, 0) is 79.4 Å². The zero-order valence-electron chi connectivity index (χ0n) is 24.8. The zero-order valence-corrected chi connectivity index (χ0v) is 25.6. The maximum atomic E-state index is 14.0. The quantitative estimate of drug-likeness (QED) is 0.144. The van der Waals surface area contributed by atoms with Crippen molar-refractivity contribution >= 4 is 43.6 Å². The molecule has 0 radical (unpaired) electrons. The standard InChI is InChI=1S/C34H30N5O5S/c1-23-18-31-32(19-24(23)2)37(25-12-14-26(15-13-25)39(41)42)22-36(31)21-34(40)35-17-16-29-28-10-6-7-11-30(28)38(33(29)20-35)45(43,44)27-8-4-3-5-9-27/h3-15,18-19,22H,16-17,20-21H2,1-2H3/q+1. The van der Waals surface area contributed by atoms with E-state index in [1.165, 1.54) is 16.1 Å². The van der Waals surface area contributed by atoms with Crippen LogP contribution >= 0.6 is 0 Å². The van der Waals surface area contributed by atoms with Crippen LogP contribution < -0.4 is 4.57 Å². The Morgan fingerprint density at radius 1 is 0.911 bits per heavy atom. The molecule has 3 heterocycles. The molecule has 0 saturated heterocycles. The topological polar surface area (TPSA) is 111 Å². The summed E-state index contributed by atoms with van der Waals surface area (Å²) in [5.41, 5.74) is 6.76. The summed E-state index contributed by atoms with van der Waals surface area (Å²) < 4.78 is 33.2. The third-order valence-electron chi connectivity index (χ3n) is 8.71. The van der Waals surface area contributed by atoms with E-state index in [1.807, 2.05) is 65.7 Å². The lowest BCUT2D eigenvalue weighted by atomic mass is 10.0.